The van der Waals surface area contributed by atoms with Crippen molar-refractivity contribution < 1.29 is 19.4 Å². The summed E-state index contributed by atoms with van der Waals surface area (Å²) in [6.45, 7) is 7.37. The van der Waals surface area contributed by atoms with Crippen LogP contribution in [0.2, 0.25) is 5.02 Å². The zero-order valence-electron chi connectivity index (χ0n) is 24.0. The number of H-pyrrole nitrogens is 1. The largest absolute Gasteiger partial charge is 0.465 e. The molecule has 0 radical (unpaired) electrons. The molecule has 3 N–H and O–H groups in total. The van der Waals surface area contributed by atoms with Gasteiger partial charge in [-0.1, -0.05) is 23.7 Å². The average molecular weight is 590 g/mol. The summed E-state index contributed by atoms with van der Waals surface area (Å²) in [5.41, 5.74) is 4.62. The summed E-state index contributed by atoms with van der Waals surface area (Å²) in [5, 5.41) is 13.1. The normalized spacial score (nSPS) is 14.4. The van der Waals surface area contributed by atoms with Crippen LogP contribution in [-0.4, -0.2) is 44.5 Å². The van der Waals surface area contributed by atoms with Gasteiger partial charge in [0.1, 0.15) is 5.82 Å². The fraction of sp³-hybridized carbons (Fsp3) is 0.290. The van der Waals surface area contributed by atoms with Crippen molar-refractivity contribution in [1.82, 2.24) is 14.5 Å². The van der Waals surface area contributed by atoms with Crippen molar-refractivity contribution >= 4 is 35.2 Å². The zero-order valence-corrected chi connectivity index (χ0v) is 24.7. The first-order valence-corrected chi connectivity index (χ1v) is 13.9. The Balaban J connectivity index is 1.50. The van der Waals surface area contributed by atoms with Crippen molar-refractivity contribution in [2.45, 2.75) is 52.1 Å². The van der Waals surface area contributed by atoms with Crippen LogP contribution in [-0.2, 0) is 11.2 Å². The molecule has 0 saturated carbocycles. The number of ether oxygens (including phenoxy) is 1. The molecule has 42 heavy (non-hydrogen) atoms. The lowest BCUT2D eigenvalue weighted by molar-refractivity contribution is 0.187. The van der Waals surface area contributed by atoms with Crippen LogP contribution in [0.3, 0.4) is 0 Å². The van der Waals surface area contributed by atoms with Gasteiger partial charge in [0, 0.05) is 44.8 Å². The van der Waals surface area contributed by atoms with Gasteiger partial charge in [0.25, 0.3) is 5.56 Å². The van der Waals surface area contributed by atoms with Crippen molar-refractivity contribution in [2.24, 2.45) is 0 Å². The van der Waals surface area contributed by atoms with Crippen molar-refractivity contribution in [2.75, 3.05) is 17.3 Å². The van der Waals surface area contributed by atoms with Gasteiger partial charge >= 0.3 is 12.2 Å². The predicted molar refractivity (Wildman–Crippen MR) is 163 cm³/mol. The third-order valence-electron chi connectivity index (χ3n) is 7.31. The molecule has 0 bridgehead atoms. The van der Waals surface area contributed by atoms with Crippen molar-refractivity contribution in [3.8, 4) is 22.4 Å². The SMILES string of the molecule is COC(=O)Nc1ccc(-c2nc([C@@H]3CCc4cc(-c5cc(Cl)ccc5N(C(=O)O)C(C)(C)C)cc(=O)n43)[nH]c2C)cc1. The number of nitrogens with one attached hydrogen (secondary N) is 2. The number of carbonyl (C=O) groups excluding carboxylic acids is 1. The van der Waals surface area contributed by atoms with E-state index in [0.717, 1.165) is 22.6 Å². The number of rotatable bonds is 5. The summed E-state index contributed by atoms with van der Waals surface area (Å²) >= 11 is 6.34. The number of fused-ring (bicyclic) bond motifs is 1. The third-order valence-corrected chi connectivity index (χ3v) is 7.55. The zero-order chi connectivity index (χ0) is 30.3. The number of aryl methyl sites for hydroxylation is 2. The Morgan fingerprint density at radius 1 is 1.12 bits per heavy atom. The summed E-state index contributed by atoms with van der Waals surface area (Å²) in [5.74, 6) is 0.682. The number of aromatic amines is 1. The summed E-state index contributed by atoms with van der Waals surface area (Å²) in [6.07, 6.45) is -0.315. The van der Waals surface area contributed by atoms with Crippen LogP contribution in [0.15, 0.2) is 59.4 Å². The highest BCUT2D eigenvalue weighted by molar-refractivity contribution is 6.31. The van der Waals surface area contributed by atoms with Crippen LogP contribution in [0.1, 0.15) is 50.4 Å². The number of nitrogens with zero attached hydrogens (tertiary/aromatic N) is 3. The molecule has 0 saturated heterocycles. The fourth-order valence-electron chi connectivity index (χ4n) is 5.50. The molecule has 4 aromatic rings. The first kappa shape index (κ1) is 28.9. The Kier molecular flexibility index (Phi) is 7.59. The number of aromatic nitrogens is 3. The van der Waals surface area contributed by atoms with Gasteiger partial charge < -0.3 is 19.4 Å². The maximum absolute atomic E-state index is 13.6. The van der Waals surface area contributed by atoms with E-state index >= 15 is 0 Å². The van der Waals surface area contributed by atoms with Crippen LogP contribution in [0, 0.1) is 6.92 Å². The third kappa shape index (κ3) is 5.49. The molecular formula is C31H32ClN5O5. The molecule has 11 heteroatoms. The van der Waals surface area contributed by atoms with E-state index in [4.69, 9.17) is 16.6 Å². The van der Waals surface area contributed by atoms with E-state index in [9.17, 15) is 19.5 Å². The number of amides is 2. The van der Waals surface area contributed by atoms with Gasteiger partial charge in [-0.05, 0) is 82.5 Å². The number of carbonyl (C=O) groups is 2. The summed E-state index contributed by atoms with van der Waals surface area (Å²) in [6, 6.07) is 15.5. The van der Waals surface area contributed by atoms with Gasteiger partial charge in [0.2, 0.25) is 0 Å². The number of carboxylic acid groups (broad SMARTS) is 1. The molecule has 1 atom stereocenters. The number of hydrogen-bond donors (Lipinski definition) is 3. The quantitative estimate of drug-likeness (QED) is 0.233. The summed E-state index contributed by atoms with van der Waals surface area (Å²) in [4.78, 5) is 46.9. The fourth-order valence-corrected chi connectivity index (χ4v) is 5.67. The molecule has 1 aliphatic heterocycles. The Morgan fingerprint density at radius 3 is 2.48 bits per heavy atom. The molecule has 0 aliphatic carbocycles. The van der Waals surface area contributed by atoms with E-state index in [1.807, 2.05) is 45.9 Å². The van der Waals surface area contributed by atoms with E-state index in [1.165, 1.54) is 18.1 Å². The predicted octanol–water partition coefficient (Wildman–Crippen LogP) is 6.86. The second kappa shape index (κ2) is 11.0. The van der Waals surface area contributed by atoms with E-state index < -0.39 is 17.7 Å². The van der Waals surface area contributed by atoms with Crippen molar-refractivity contribution in [3.05, 3.63) is 87.2 Å². The van der Waals surface area contributed by atoms with E-state index in [-0.39, 0.29) is 11.6 Å². The average Bonchev–Trinajstić information content (AvgIpc) is 3.52. The smallest absolute Gasteiger partial charge is 0.412 e. The van der Waals surface area contributed by atoms with Crippen molar-refractivity contribution in [1.29, 1.82) is 0 Å². The lowest BCUT2D eigenvalue weighted by atomic mass is 9.99. The molecule has 0 fully saturated rings. The molecular weight excluding hydrogens is 558 g/mol. The Morgan fingerprint density at radius 2 is 1.83 bits per heavy atom. The standard InChI is InChI=1S/C31H32ClN5O5/c1-17-27(18-6-9-21(10-7-18)34-29(39)42-5)35-28(33-17)25-13-11-22-14-19(15-26(38)36(22)25)23-16-20(32)8-12-24(23)37(30(40)41)31(2,3)4/h6-10,12,14-16,25H,11,13H2,1-5H3,(H,33,35)(H,34,39)(H,40,41)/t25-/m0/s1. The minimum absolute atomic E-state index is 0.206. The molecule has 5 rings (SSSR count). The lowest BCUT2D eigenvalue weighted by Crippen LogP contribution is -2.45. The maximum atomic E-state index is 13.6. The Labute approximate surface area is 247 Å². The number of hydrogen-bond acceptors (Lipinski definition) is 5. The van der Waals surface area contributed by atoms with Crippen LogP contribution >= 0.6 is 11.6 Å². The van der Waals surface area contributed by atoms with E-state index in [1.54, 1.807) is 34.9 Å². The summed E-state index contributed by atoms with van der Waals surface area (Å²) < 4.78 is 6.38. The monoisotopic (exact) mass is 589 g/mol. The van der Waals surface area contributed by atoms with Gasteiger partial charge in [-0.3, -0.25) is 15.0 Å². The van der Waals surface area contributed by atoms with Gasteiger partial charge in [-0.25, -0.2) is 14.6 Å². The first-order valence-electron chi connectivity index (χ1n) is 13.5. The topological polar surface area (TPSA) is 130 Å². The summed E-state index contributed by atoms with van der Waals surface area (Å²) in [7, 11) is 1.31. The number of anilines is 2. The van der Waals surface area contributed by atoms with E-state index in [0.29, 0.717) is 46.2 Å². The highest BCUT2D eigenvalue weighted by Gasteiger charge is 2.32. The minimum Gasteiger partial charge on any atom is -0.465 e. The molecule has 0 unspecified atom stereocenters. The Bertz CT molecular complexity index is 1740. The maximum Gasteiger partial charge on any atom is 0.412 e. The number of methoxy groups -OCH3 is 1. The van der Waals surface area contributed by atoms with E-state index in [2.05, 4.69) is 15.0 Å². The van der Waals surface area contributed by atoms with Crippen molar-refractivity contribution in [3.63, 3.8) is 0 Å². The number of pyridine rings is 1. The molecule has 0 spiro atoms. The second-order valence-corrected chi connectivity index (χ2v) is 11.7. The van der Waals surface area contributed by atoms with Gasteiger partial charge in [-0.2, -0.15) is 0 Å². The molecule has 2 amide bonds. The highest BCUT2D eigenvalue weighted by Crippen LogP contribution is 2.39. The number of halogens is 1. The van der Waals surface area contributed by atoms with Crippen LogP contribution in [0.25, 0.3) is 22.4 Å². The molecule has 2 aromatic heterocycles. The minimum atomic E-state index is -1.10. The highest BCUT2D eigenvalue weighted by atomic mass is 35.5. The first-order chi connectivity index (χ1) is 19.9. The van der Waals surface area contributed by atoms with Gasteiger partial charge in [-0.15, -0.1) is 0 Å². The van der Waals surface area contributed by atoms with Gasteiger partial charge in [0.15, 0.2) is 0 Å². The molecule has 3 heterocycles. The lowest BCUT2D eigenvalue weighted by Gasteiger charge is -2.34. The van der Waals surface area contributed by atoms with Crippen LogP contribution in [0.5, 0.6) is 0 Å². The second-order valence-electron chi connectivity index (χ2n) is 11.2. The Hall–Kier alpha value is -4.57. The van der Waals surface area contributed by atoms with Crippen LogP contribution in [0.4, 0.5) is 21.0 Å². The van der Waals surface area contributed by atoms with Gasteiger partial charge in [0.05, 0.1) is 24.5 Å². The molecule has 1 aliphatic rings. The number of imidazole rings is 1. The number of benzene rings is 2. The molecule has 10 nitrogen and oxygen atoms in total. The van der Waals surface area contributed by atoms with Crippen LogP contribution < -0.4 is 15.8 Å². The molecule has 2 aromatic carbocycles. The molecule has 218 valence electrons.